The average Bonchev–Trinajstić information content (AvgIpc) is 2.34. The van der Waals surface area contributed by atoms with Gasteiger partial charge >= 0.3 is 0 Å². The van der Waals surface area contributed by atoms with E-state index in [2.05, 4.69) is 6.58 Å². The molecule has 0 spiro atoms. The van der Waals surface area contributed by atoms with Crippen molar-refractivity contribution in [1.29, 1.82) is 0 Å². The topological polar surface area (TPSA) is 29.5 Å². The van der Waals surface area contributed by atoms with Crippen LogP contribution in [0.2, 0.25) is 0 Å². The number of hydrogen-bond acceptors (Lipinski definition) is 2. The van der Waals surface area contributed by atoms with Gasteiger partial charge in [0.1, 0.15) is 5.75 Å². The monoisotopic (exact) mass is 220 g/mol. The van der Waals surface area contributed by atoms with E-state index in [-0.39, 0.29) is 0 Å². The number of hydrogen-bond donors (Lipinski definition) is 1. The molecule has 88 valence electrons. The quantitative estimate of drug-likeness (QED) is 0.563. The predicted octanol–water partition coefficient (Wildman–Crippen LogP) is 3.48. The van der Waals surface area contributed by atoms with Crippen LogP contribution in [0.1, 0.15) is 37.9 Å². The zero-order valence-corrected chi connectivity index (χ0v) is 9.86. The van der Waals surface area contributed by atoms with Gasteiger partial charge in [-0.2, -0.15) is 0 Å². The van der Waals surface area contributed by atoms with E-state index < -0.39 is 6.10 Å². The smallest absolute Gasteiger partial charge is 0.125 e. The molecule has 0 unspecified atom stereocenters. The second kappa shape index (κ2) is 7.07. The molecule has 1 N–H and O–H groups in total. The fourth-order valence-corrected chi connectivity index (χ4v) is 1.52. The molecule has 0 aliphatic heterocycles. The fourth-order valence-electron chi connectivity index (χ4n) is 1.52. The second-order valence-electron chi connectivity index (χ2n) is 3.74. The summed E-state index contributed by atoms with van der Waals surface area (Å²) in [5.74, 6) is 0.793. The number of benzene rings is 1. The Bertz CT molecular complexity index is 320. The van der Waals surface area contributed by atoms with Crippen LogP contribution in [0.5, 0.6) is 5.75 Å². The maximum absolute atomic E-state index is 9.82. The Labute approximate surface area is 97.6 Å². The SMILES string of the molecule is C=CCCCOc1ccccc1[C@H](O)CC. The average molecular weight is 220 g/mol. The van der Waals surface area contributed by atoms with Gasteiger partial charge in [0, 0.05) is 5.56 Å². The number of unbranched alkanes of at least 4 members (excludes halogenated alkanes) is 1. The van der Waals surface area contributed by atoms with Crippen LogP contribution in [0.4, 0.5) is 0 Å². The Balaban J connectivity index is 2.60. The van der Waals surface area contributed by atoms with Crippen molar-refractivity contribution in [3.63, 3.8) is 0 Å². The van der Waals surface area contributed by atoms with E-state index in [1.54, 1.807) is 0 Å². The van der Waals surface area contributed by atoms with Gasteiger partial charge in [0.2, 0.25) is 0 Å². The molecule has 0 bridgehead atoms. The van der Waals surface area contributed by atoms with E-state index >= 15 is 0 Å². The first kappa shape index (κ1) is 12.8. The van der Waals surface area contributed by atoms with Crippen molar-refractivity contribution in [3.8, 4) is 5.75 Å². The van der Waals surface area contributed by atoms with Gasteiger partial charge in [-0.25, -0.2) is 0 Å². The third-order valence-corrected chi connectivity index (χ3v) is 2.47. The first-order valence-corrected chi connectivity index (χ1v) is 5.80. The van der Waals surface area contributed by atoms with Gasteiger partial charge in [-0.05, 0) is 25.3 Å². The molecule has 0 amide bonds. The summed E-state index contributed by atoms with van der Waals surface area (Å²) in [5, 5.41) is 9.82. The highest BCUT2D eigenvalue weighted by Gasteiger charge is 2.10. The zero-order chi connectivity index (χ0) is 11.8. The fraction of sp³-hybridized carbons (Fsp3) is 0.429. The standard InChI is InChI=1S/C14H20O2/c1-3-5-8-11-16-14-10-7-6-9-12(14)13(15)4-2/h3,6-7,9-10,13,15H,1,4-5,8,11H2,2H3/t13-/m1/s1. The lowest BCUT2D eigenvalue weighted by atomic mass is 10.1. The van der Waals surface area contributed by atoms with Gasteiger partial charge < -0.3 is 9.84 Å². The molecule has 0 aliphatic carbocycles. The van der Waals surface area contributed by atoms with E-state index in [0.717, 1.165) is 24.2 Å². The van der Waals surface area contributed by atoms with Gasteiger partial charge in [-0.1, -0.05) is 31.2 Å². The highest BCUT2D eigenvalue weighted by molar-refractivity contribution is 5.34. The molecule has 2 heteroatoms. The van der Waals surface area contributed by atoms with E-state index in [0.29, 0.717) is 13.0 Å². The Morgan fingerprint density at radius 1 is 1.44 bits per heavy atom. The van der Waals surface area contributed by atoms with E-state index in [1.165, 1.54) is 0 Å². The van der Waals surface area contributed by atoms with Gasteiger partial charge in [0.25, 0.3) is 0 Å². The minimum absolute atomic E-state index is 0.435. The molecule has 0 radical (unpaired) electrons. The lowest BCUT2D eigenvalue weighted by Crippen LogP contribution is -2.03. The molecule has 0 fully saturated rings. The summed E-state index contributed by atoms with van der Waals surface area (Å²) in [5.41, 5.74) is 0.878. The molecule has 1 aromatic rings. The van der Waals surface area contributed by atoms with Crippen molar-refractivity contribution in [2.24, 2.45) is 0 Å². The van der Waals surface area contributed by atoms with Crippen LogP contribution >= 0.6 is 0 Å². The summed E-state index contributed by atoms with van der Waals surface area (Å²) in [6.45, 7) is 6.29. The molecule has 2 nitrogen and oxygen atoms in total. The molecule has 0 heterocycles. The first-order valence-electron chi connectivity index (χ1n) is 5.80. The number of aliphatic hydroxyl groups is 1. The summed E-state index contributed by atoms with van der Waals surface area (Å²) < 4.78 is 5.65. The van der Waals surface area contributed by atoms with Crippen LogP contribution in [0.3, 0.4) is 0 Å². The van der Waals surface area contributed by atoms with Crippen LogP contribution in [-0.4, -0.2) is 11.7 Å². The number of aliphatic hydroxyl groups excluding tert-OH is 1. The summed E-state index contributed by atoms with van der Waals surface area (Å²) in [6.07, 6.45) is 4.07. The first-order chi connectivity index (χ1) is 7.79. The molecule has 1 rings (SSSR count). The number of ether oxygens (including phenoxy) is 1. The molecule has 1 aromatic carbocycles. The van der Waals surface area contributed by atoms with Crippen LogP contribution in [0, 0.1) is 0 Å². The zero-order valence-electron chi connectivity index (χ0n) is 9.86. The van der Waals surface area contributed by atoms with E-state index in [1.807, 2.05) is 37.3 Å². The Morgan fingerprint density at radius 2 is 2.19 bits per heavy atom. The third kappa shape index (κ3) is 3.70. The number of para-hydroxylation sites is 1. The van der Waals surface area contributed by atoms with Gasteiger partial charge in [-0.3, -0.25) is 0 Å². The van der Waals surface area contributed by atoms with Gasteiger partial charge in [0.05, 0.1) is 12.7 Å². The Kier molecular flexibility index (Phi) is 5.65. The minimum Gasteiger partial charge on any atom is -0.493 e. The minimum atomic E-state index is -0.435. The predicted molar refractivity (Wildman–Crippen MR) is 66.6 cm³/mol. The van der Waals surface area contributed by atoms with Crippen LogP contribution < -0.4 is 4.74 Å². The largest absolute Gasteiger partial charge is 0.493 e. The Morgan fingerprint density at radius 3 is 2.88 bits per heavy atom. The summed E-state index contributed by atoms with van der Waals surface area (Å²) in [7, 11) is 0. The Hall–Kier alpha value is -1.28. The van der Waals surface area contributed by atoms with E-state index in [4.69, 9.17) is 4.74 Å². The molecule has 0 saturated heterocycles. The van der Waals surface area contributed by atoms with Crippen LogP contribution in [-0.2, 0) is 0 Å². The molecular weight excluding hydrogens is 200 g/mol. The van der Waals surface area contributed by atoms with Gasteiger partial charge in [0.15, 0.2) is 0 Å². The second-order valence-corrected chi connectivity index (χ2v) is 3.74. The summed E-state index contributed by atoms with van der Waals surface area (Å²) in [6, 6.07) is 7.67. The van der Waals surface area contributed by atoms with Crippen molar-refractivity contribution in [1.82, 2.24) is 0 Å². The van der Waals surface area contributed by atoms with Crippen molar-refractivity contribution in [3.05, 3.63) is 42.5 Å². The van der Waals surface area contributed by atoms with Crippen molar-refractivity contribution < 1.29 is 9.84 Å². The normalized spacial score (nSPS) is 12.1. The van der Waals surface area contributed by atoms with Crippen molar-refractivity contribution in [2.75, 3.05) is 6.61 Å². The van der Waals surface area contributed by atoms with Crippen molar-refractivity contribution in [2.45, 2.75) is 32.3 Å². The highest BCUT2D eigenvalue weighted by atomic mass is 16.5. The molecular formula is C14H20O2. The lowest BCUT2D eigenvalue weighted by molar-refractivity contribution is 0.167. The van der Waals surface area contributed by atoms with Crippen molar-refractivity contribution >= 4 is 0 Å². The lowest BCUT2D eigenvalue weighted by Gasteiger charge is -2.14. The molecule has 16 heavy (non-hydrogen) atoms. The third-order valence-electron chi connectivity index (χ3n) is 2.47. The van der Waals surface area contributed by atoms with Gasteiger partial charge in [-0.15, -0.1) is 6.58 Å². The maximum Gasteiger partial charge on any atom is 0.125 e. The van der Waals surface area contributed by atoms with Crippen LogP contribution in [0.25, 0.3) is 0 Å². The highest BCUT2D eigenvalue weighted by Crippen LogP contribution is 2.26. The molecule has 1 atom stereocenters. The van der Waals surface area contributed by atoms with Crippen LogP contribution in [0.15, 0.2) is 36.9 Å². The molecule has 0 saturated carbocycles. The summed E-state index contributed by atoms with van der Waals surface area (Å²) >= 11 is 0. The maximum atomic E-state index is 9.82. The number of rotatable bonds is 7. The van der Waals surface area contributed by atoms with E-state index in [9.17, 15) is 5.11 Å². The summed E-state index contributed by atoms with van der Waals surface area (Å²) in [4.78, 5) is 0. The molecule has 0 aliphatic rings. The number of allylic oxidation sites excluding steroid dienone is 1. The molecule has 0 aromatic heterocycles.